The maximum atomic E-state index is 13.2. The van der Waals surface area contributed by atoms with Crippen molar-refractivity contribution < 1.29 is 19.1 Å². The average Bonchev–Trinajstić information content (AvgIpc) is 2.79. The van der Waals surface area contributed by atoms with Gasteiger partial charge in [0, 0.05) is 5.56 Å². The molecule has 31 heavy (non-hydrogen) atoms. The van der Waals surface area contributed by atoms with Crippen LogP contribution >= 0.6 is 0 Å². The number of nitrogens with one attached hydrogen (secondary N) is 1. The number of carbonyl (C=O) groups is 2. The smallest absolute Gasteiger partial charge is 0.314 e. The topological polar surface area (TPSA) is 64.6 Å². The van der Waals surface area contributed by atoms with E-state index in [4.69, 9.17) is 9.47 Å². The minimum atomic E-state index is -1.09. The largest absolute Gasteiger partial charge is 0.495 e. The number of esters is 1. The molecule has 3 aromatic carbocycles. The summed E-state index contributed by atoms with van der Waals surface area (Å²) in [5.74, 6) is -0.790. The molecule has 0 saturated heterocycles. The van der Waals surface area contributed by atoms with Crippen LogP contribution in [0.1, 0.15) is 42.1 Å². The molecule has 0 bridgehead atoms. The van der Waals surface area contributed by atoms with Gasteiger partial charge >= 0.3 is 5.97 Å². The van der Waals surface area contributed by atoms with Gasteiger partial charge in [0.05, 0.1) is 18.7 Å². The Kier molecular flexibility index (Phi) is 7.44. The summed E-state index contributed by atoms with van der Waals surface area (Å²) in [5, 5.41) is 2.86. The van der Waals surface area contributed by atoms with Crippen LogP contribution in [0.5, 0.6) is 5.75 Å². The van der Waals surface area contributed by atoms with E-state index in [-0.39, 0.29) is 0 Å². The number of amides is 1. The Morgan fingerprint density at radius 2 is 1.52 bits per heavy atom. The van der Waals surface area contributed by atoms with E-state index < -0.39 is 23.9 Å². The highest BCUT2D eigenvalue weighted by atomic mass is 16.5. The molecule has 0 aliphatic rings. The second-order valence-electron chi connectivity index (χ2n) is 7.29. The lowest BCUT2D eigenvalue weighted by Gasteiger charge is -2.22. The number of methoxy groups -OCH3 is 1. The first kappa shape index (κ1) is 22.1. The predicted octanol–water partition coefficient (Wildman–Crippen LogP) is 5.42. The van der Waals surface area contributed by atoms with Crippen LogP contribution in [-0.4, -0.2) is 19.0 Å². The van der Waals surface area contributed by atoms with Crippen LogP contribution in [0.25, 0.3) is 0 Å². The highest BCUT2D eigenvalue weighted by molar-refractivity contribution is 5.97. The molecule has 5 nitrogen and oxygen atoms in total. The summed E-state index contributed by atoms with van der Waals surface area (Å²) >= 11 is 0. The van der Waals surface area contributed by atoms with Crippen LogP contribution in [0.4, 0.5) is 5.69 Å². The van der Waals surface area contributed by atoms with Gasteiger partial charge in [-0.3, -0.25) is 9.59 Å². The molecule has 2 atom stereocenters. The molecule has 0 spiro atoms. The van der Waals surface area contributed by atoms with Crippen molar-refractivity contribution in [3.05, 3.63) is 95.6 Å². The first-order chi connectivity index (χ1) is 15.0. The number of anilines is 1. The van der Waals surface area contributed by atoms with Crippen molar-refractivity contribution in [3.63, 3.8) is 0 Å². The van der Waals surface area contributed by atoms with E-state index in [1.54, 1.807) is 25.3 Å². The lowest BCUT2D eigenvalue weighted by atomic mass is 9.96. The number of ether oxygens (including phenoxy) is 2. The van der Waals surface area contributed by atoms with Crippen molar-refractivity contribution in [1.29, 1.82) is 0 Å². The Balaban J connectivity index is 1.88. The van der Waals surface area contributed by atoms with E-state index in [0.717, 1.165) is 11.1 Å². The zero-order chi connectivity index (χ0) is 22.2. The van der Waals surface area contributed by atoms with Gasteiger partial charge in [-0.1, -0.05) is 73.7 Å². The minimum absolute atomic E-state index is 0.436. The maximum absolute atomic E-state index is 13.2. The number of aryl methyl sites for hydroxylation is 1. The molecular formula is C26H27NO4. The molecule has 0 aliphatic heterocycles. The summed E-state index contributed by atoms with van der Waals surface area (Å²) in [6, 6.07) is 24.0. The predicted molar refractivity (Wildman–Crippen MR) is 121 cm³/mol. The van der Waals surface area contributed by atoms with Gasteiger partial charge in [-0.25, -0.2) is 0 Å². The van der Waals surface area contributed by atoms with E-state index in [9.17, 15) is 9.59 Å². The molecule has 0 saturated carbocycles. The van der Waals surface area contributed by atoms with Gasteiger partial charge in [0.25, 0.3) is 5.91 Å². The van der Waals surface area contributed by atoms with E-state index in [0.29, 0.717) is 23.4 Å². The van der Waals surface area contributed by atoms with Gasteiger partial charge in [0.1, 0.15) is 5.75 Å². The standard InChI is InChI=1S/C26H27NO4/c1-4-21(19-11-7-5-8-12-19)26(29)31-24(20-13-9-6-10-14-20)25(28)27-22-17-18(2)15-16-23(22)30-3/h5-17,21,24H,4H2,1-3H3,(H,27,28)/t21-,24-/m0/s1. The first-order valence-electron chi connectivity index (χ1n) is 10.3. The lowest BCUT2D eigenvalue weighted by Crippen LogP contribution is -2.28. The Bertz CT molecular complexity index is 1020. The second kappa shape index (κ2) is 10.4. The van der Waals surface area contributed by atoms with Gasteiger partial charge in [0.2, 0.25) is 6.10 Å². The molecule has 0 aliphatic carbocycles. The van der Waals surface area contributed by atoms with Crippen LogP contribution in [0.3, 0.4) is 0 Å². The van der Waals surface area contributed by atoms with Gasteiger partial charge < -0.3 is 14.8 Å². The summed E-state index contributed by atoms with van der Waals surface area (Å²) in [7, 11) is 1.54. The number of carbonyl (C=O) groups excluding carboxylic acids is 2. The van der Waals surface area contributed by atoms with Crippen molar-refractivity contribution in [3.8, 4) is 5.75 Å². The third kappa shape index (κ3) is 5.51. The lowest BCUT2D eigenvalue weighted by molar-refractivity contribution is -0.156. The van der Waals surface area contributed by atoms with E-state index in [1.807, 2.05) is 74.5 Å². The van der Waals surface area contributed by atoms with Gasteiger partial charge in [0.15, 0.2) is 0 Å². The summed E-state index contributed by atoms with van der Waals surface area (Å²) in [6.07, 6.45) is -0.519. The zero-order valence-electron chi connectivity index (χ0n) is 18.0. The molecule has 0 radical (unpaired) electrons. The van der Waals surface area contributed by atoms with Crippen molar-refractivity contribution in [2.24, 2.45) is 0 Å². The van der Waals surface area contributed by atoms with Crippen molar-refractivity contribution in [1.82, 2.24) is 0 Å². The van der Waals surface area contributed by atoms with Crippen LogP contribution < -0.4 is 10.1 Å². The molecule has 5 heteroatoms. The van der Waals surface area contributed by atoms with E-state index in [1.165, 1.54) is 0 Å². The zero-order valence-corrected chi connectivity index (χ0v) is 18.0. The molecule has 3 rings (SSSR count). The Labute approximate surface area is 183 Å². The van der Waals surface area contributed by atoms with Crippen LogP contribution in [0.15, 0.2) is 78.9 Å². The molecule has 0 fully saturated rings. The van der Waals surface area contributed by atoms with Gasteiger partial charge in [-0.15, -0.1) is 0 Å². The number of hydrogen-bond donors (Lipinski definition) is 1. The third-order valence-corrected chi connectivity index (χ3v) is 5.08. The fourth-order valence-electron chi connectivity index (χ4n) is 3.44. The van der Waals surface area contributed by atoms with E-state index in [2.05, 4.69) is 5.32 Å². The average molecular weight is 418 g/mol. The SMILES string of the molecule is CC[C@H](C(=O)O[C@H](C(=O)Nc1cc(C)ccc1OC)c1ccccc1)c1ccccc1. The molecule has 0 aromatic heterocycles. The number of rotatable bonds is 8. The fourth-order valence-corrected chi connectivity index (χ4v) is 3.44. The van der Waals surface area contributed by atoms with Crippen molar-refractivity contribution >= 4 is 17.6 Å². The Morgan fingerprint density at radius 1 is 0.903 bits per heavy atom. The maximum Gasteiger partial charge on any atom is 0.314 e. The van der Waals surface area contributed by atoms with E-state index >= 15 is 0 Å². The number of hydrogen-bond acceptors (Lipinski definition) is 4. The first-order valence-corrected chi connectivity index (χ1v) is 10.3. The highest BCUT2D eigenvalue weighted by Gasteiger charge is 2.29. The van der Waals surface area contributed by atoms with Gasteiger partial charge in [-0.05, 0) is 36.6 Å². The minimum Gasteiger partial charge on any atom is -0.495 e. The Morgan fingerprint density at radius 3 is 2.10 bits per heavy atom. The normalized spacial score (nSPS) is 12.5. The Hall–Kier alpha value is -3.60. The monoisotopic (exact) mass is 417 g/mol. The van der Waals surface area contributed by atoms with Crippen molar-refractivity contribution in [2.45, 2.75) is 32.3 Å². The molecule has 1 amide bonds. The van der Waals surface area contributed by atoms with Crippen LogP contribution in [0.2, 0.25) is 0 Å². The summed E-state index contributed by atoms with van der Waals surface area (Å²) in [5.41, 5.74) is 2.96. The molecular weight excluding hydrogens is 390 g/mol. The summed E-state index contributed by atoms with van der Waals surface area (Å²) < 4.78 is 11.1. The quantitative estimate of drug-likeness (QED) is 0.497. The third-order valence-electron chi connectivity index (χ3n) is 5.08. The molecule has 3 aromatic rings. The highest BCUT2D eigenvalue weighted by Crippen LogP contribution is 2.29. The van der Waals surface area contributed by atoms with Crippen LogP contribution in [-0.2, 0) is 14.3 Å². The second-order valence-corrected chi connectivity index (χ2v) is 7.29. The molecule has 0 unspecified atom stereocenters. The summed E-state index contributed by atoms with van der Waals surface area (Å²) in [4.78, 5) is 26.3. The number of benzene rings is 3. The summed E-state index contributed by atoms with van der Waals surface area (Å²) in [6.45, 7) is 3.85. The fraction of sp³-hybridized carbons (Fsp3) is 0.231. The molecule has 160 valence electrons. The van der Waals surface area contributed by atoms with Crippen LogP contribution in [0, 0.1) is 6.92 Å². The van der Waals surface area contributed by atoms with Crippen molar-refractivity contribution in [2.75, 3.05) is 12.4 Å². The molecule has 0 heterocycles. The molecule has 1 N–H and O–H groups in total. The van der Waals surface area contributed by atoms with Gasteiger partial charge in [-0.2, -0.15) is 0 Å².